The number of esters is 1. The number of carbonyl (C=O) groups is 4. The Balaban J connectivity index is 2.17. The predicted molar refractivity (Wildman–Crippen MR) is 158 cm³/mol. The molecule has 1 aromatic carbocycles. The lowest BCUT2D eigenvalue weighted by atomic mass is 9.78. The molecule has 0 bridgehead atoms. The zero-order chi connectivity index (χ0) is 32.0. The zero-order valence-corrected chi connectivity index (χ0v) is 26.7. The van der Waals surface area contributed by atoms with Crippen molar-refractivity contribution in [2.75, 3.05) is 7.11 Å². The second-order valence-electron chi connectivity index (χ2n) is 13.5. The number of carbonyl (C=O) groups excluding carboxylic acids is 4. The van der Waals surface area contributed by atoms with Crippen LogP contribution in [0.5, 0.6) is 0 Å². The molecule has 0 spiro atoms. The molecule has 2 heterocycles. The molecule has 42 heavy (non-hydrogen) atoms. The molecule has 3 rings (SSSR count). The molecule has 1 aliphatic heterocycles. The minimum atomic E-state index is -1.37. The minimum Gasteiger partial charge on any atom is -0.467 e. The van der Waals surface area contributed by atoms with Gasteiger partial charge < -0.3 is 23.5 Å². The highest BCUT2D eigenvalue weighted by Gasteiger charge is 2.51. The van der Waals surface area contributed by atoms with E-state index in [1.807, 2.05) is 33.8 Å². The van der Waals surface area contributed by atoms with Crippen molar-refractivity contribution >= 4 is 47.5 Å². The number of nitrogens with zero attached hydrogens (tertiary/aromatic N) is 2. The van der Waals surface area contributed by atoms with Gasteiger partial charge in [0.25, 0.3) is 0 Å². The van der Waals surface area contributed by atoms with E-state index in [0.29, 0.717) is 21.9 Å². The van der Waals surface area contributed by atoms with Crippen LogP contribution < -0.4 is 5.46 Å². The minimum absolute atomic E-state index is 0.162. The smallest absolute Gasteiger partial charge is 0.467 e. The van der Waals surface area contributed by atoms with Gasteiger partial charge in [-0.2, -0.15) is 0 Å². The fourth-order valence-corrected chi connectivity index (χ4v) is 4.48. The van der Waals surface area contributed by atoms with Crippen LogP contribution in [0.15, 0.2) is 24.4 Å². The van der Waals surface area contributed by atoms with E-state index in [0.717, 1.165) is 4.90 Å². The van der Waals surface area contributed by atoms with Crippen LogP contribution in [0.4, 0.5) is 9.59 Å². The SMILES string of the molecule is COC(=O)C(Cc1cn(C(=O)OC(C)(C)C)c2ccc(B3OC(C)(C)C(C)(C)O3)cc12)N(C(C)=O)C(=O)OC(C)(C)C. The summed E-state index contributed by atoms with van der Waals surface area (Å²) >= 11 is 0. The molecule has 12 heteroatoms. The zero-order valence-electron chi connectivity index (χ0n) is 26.7. The fourth-order valence-electron chi connectivity index (χ4n) is 4.48. The number of methoxy groups -OCH3 is 1. The van der Waals surface area contributed by atoms with E-state index in [9.17, 15) is 19.2 Å². The highest BCUT2D eigenvalue weighted by Crippen LogP contribution is 2.37. The van der Waals surface area contributed by atoms with Crippen molar-refractivity contribution in [2.45, 2.75) is 111 Å². The van der Waals surface area contributed by atoms with E-state index in [2.05, 4.69) is 0 Å². The first-order valence-corrected chi connectivity index (χ1v) is 13.9. The van der Waals surface area contributed by atoms with Gasteiger partial charge in [-0.1, -0.05) is 12.1 Å². The average molecular weight is 586 g/mol. The molecule has 2 amide bonds. The van der Waals surface area contributed by atoms with Crippen LogP contribution in [-0.2, 0) is 39.5 Å². The summed E-state index contributed by atoms with van der Waals surface area (Å²) in [5, 5.41) is 0.578. The Labute approximate surface area is 247 Å². The molecule has 0 aliphatic carbocycles. The second-order valence-corrected chi connectivity index (χ2v) is 13.5. The van der Waals surface area contributed by atoms with E-state index in [1.54, 1.807) is 53.7 Å². The molecule has 1 fully saturated rings. The van der Waals surface area contributed by atoms with Gasteiger partial charge in [-0.25, -0.2) is 19.3 Å². The van der Waals surface area contributed by atoms with Gasteiger partial charge in [0.2, 0.25) is 5.91 Å². The maximum absolute atomic E-state index is 13.2. The summed E-state index contributed by atoms with van der Waals surface area (Å²) < 4.78 is 29.9. The summed E-state index contributed by atoms with van der Waals surface area (Å²) in [7, 11) is 0.479. The third kappa shape index (κ3) is 7.15. The number of aromatic nitrogens is 1. The number of imide groups is 1. The third-order valence-electron chi connectivity index (χ3n) is 7.15. The lowest BCUT2D eigenvalue weighted by Gasteiger charge is -2.32. The Kier molecular flexibility index (Phi) is 8.97. The first-order valence-electron chi connectivity index (χ1n) is 13.9. The maximum Gasteiger partial charge on any atom is 0.494 e. The third-order valence-corrected chi connectivity index (χ3v) is 7.15. The quantitative estimate of drug-likeness (QED) is 0.281. The van der Waals surface area contributed by atoms with Gasteiger partial charge in [0.1, 0.15) is 17.2 Å². The number of ether oxygens (including phenoxy) is 3. The number of fused-ring (bicyclic) bond motifs is 1. The first kappa shape index (κ1) is 33.1. The topological polar surface area (TPSA) is 123 Å². The number of benzene rings is 1. The van der Waals surface area contributed by atoms with Gasteiger partial charge in [0.15, 0.2) is 0 Å². The van der Waals surface area contributed by atoms with Gasteiger partial charge in [-0.15, -0.1) is 0 Å². The Hall–Kier alpha value is -3.38. The largest absolute Gasteiger partial charge is 0.494 e. The maximum atomic E-state index is 13.2. The van der Waals surface area contributed by atoms with Crippen LogP contribution in [0.1, 0.15) is 81.7 Å². The van der Waals surface area contributed by atoms with Crippen molar-refractivity contribution in [1.82, 2.24) is 9.47 Å². The van der Waals surface area contributed by atoms with Gasteiger partial charge >= 0.3 is 25.3 Å². The van der Waals surface area contributed by atoms with E-state index in [-0.39, 0.29) is 6.42 Å². The van der Waals surface area contributed by atoms with Crippen molar-refractivity contribution in [3.63, 3.8) is 0 Å². The molecule has 1 atom stereocenters. The number of rotatable bonds is 5. The normalized spacial score (nSPS) is 17.1. The van der Waals surface area contributed by atoms with Crippen LogP contribution in [-0.4, -0.2) is 76.2 Å². The van der Waals surface area contributed by atoms with Gasteiger partial charge in [-0.05, 0) is 86.3 Å². The average Bonchev–Trinajstić information content (AvgIpc) is 3.28. The molecule has 230 valence electrons. The number of hydrogen-bond acceptors (Lipinski definition) is 9. The Morgan fingerprint density at radius 2 is 1.50 bits per heavy atom. The van der Waals surface area contributed by atoms with Crippen molar-refractivity contribution in [1.29, 1.82) is 0 Å². The van der Waals surface area contributed by atoms with Crippen molar-refractivity contribution in [3.8, 4) is 0 Å². The predicted octanol–water partition coefficient (Wildman–Crippen LogP) is 4.59. The van der Waals surface area contributed by atoms with E-state index >= 15 is 0 Å². The fraction of sp³-hybridized carbons (Fsp3) is 0.600. The lowest BCUT2D eigenvalue weighted by molar-refractivity contribution is -0.151. The van der Waals surface area contributed by atoms with Crippen LogP contribution in [0.2, 0.25) is 0 Å². The molecule has 1 saturated heterocycles. The molecular formula is C30H43BN2O9. The molecule has 1 unspecified atom stereocenters. The number of hydrogen-bond donors (Lipinski definition) is 0. The molecule has 11 nitrogen and oxygen atoms in total. The van der Waals surface area contributed by atoms with Crippen molar-refractivity contribution in [2.24, 2.45) is 0 Å². The van der Waals surface area contributed by atoms with Crippen LogP contribution >= 0.6 is 0 Å². The van der Waals surface area contributed by atoms with E-state index < -0.39 is 59.6 Å². The van der Waals surface area contributed by atoms with E-state index in [1.165, 1.54) is 24.8 Å². The highest BCUT2D eigenvalue weighted by molar-refractivity contribution is 6.62. The Morgan fingerprint density at radius 3 is 1.98 bits per heavy atom. The summed E-state index contributed by atoms with van der Waals surface area (Å²) in [6.07, 6.45) is -0.243. The summed E-state index contributed by atoms with van der Waals surface area (Å²) in [5.41, 5.74) is -1.18. The first-order chi connectivity index (χ1) is 19.1. The Morgan fingerprint density at radius 1 is 0.952 bits per heavy atom. The van der Waals surface area contributed by atoms with Gasteiger partial charge in [0, 0.05) is 24.9 Å². The standard InChI is InChI=1S/C30H43BN2O9/c1-18(34)33(26(37)40-28(5,6)7)23(24(35)38-12)15-19-17-32(25(36)39-27(2,3)4)22-14-13-20(16-21(19)22)31-41-29(8,9)30(10,11)42-31/h13-14,16-17,23H,15H2,1-12H3. The van der Waals surface area contributed by atoms with Crippen molar-refractivity contribution < 1.29 is 42.7 Å². The van der Waals surface area contributed by atoms with Crippen LogP contribution in [0, 0.1) is 0 Å². The summed E-state index contributed by atoms with van der Waals surface area (Å²) in [5.74, 6) is -1.52. The van der Waals surface area contributed by atoms with Crippen molar-refractivity contribution in [3.05, 3.63) is 30.0 Å². The molecule has 2 aromatic rings. The lowest BCUT2D eigenvalue weighted by Crippen LogP contribution is -2.51. The highest BCUT2D eigenvalue weighted by atomic mass is 16.7. The Bertz CT molecular complexity index is 1370. The van der Waals surface area contributed by atoms with Gasteiger partial charge in [-0.3, -0.25) is 9.36 Å². The molecule has 1 aliphatic rings. The number of amides is 2. The summed E-state index contributed by atoms with van der Waals surface area (Å²) in [4.78, 5) is 52.8. The molecule has 0 saturated carbocycles. The molecular weight excluding hydrogens is 543 g/mol. The van der Waals surface area contributed by atoms with Gasteiger partial charge in [0.05, 0.1) is 23.8 Å². The monoisotopic (exact) mass is 586 g/mol. The summed E-state index contributed by atoms with van der Waals surface area (Å²) in [6, 6.07) is 3.98. The van der Waals surface area contributed by atoms with Crippen LogP contribution in [0.3, 0.4) is 0 Å². The van der Waals surface area contributed by atoms with Crippen LogP contribution in [0.25, 0.3) is 10.9 Å². The molecule has 0 radical (unpaired) electrons. The second kappa shape index (κ2) is 11.4. The van der Waals surface area contributed by atoms with E-state index in [4.69, 9.17) is 23.5 Å². The summed E-state index contributed by atoms with van der Waals surface area (Å²) in [6.45, 7) is 19.2. The molecule has 0 N–H and O–H groups in total. The molecule has 1 aromatic heterocycles.